The fourth-order valence-corrected chi connectivity index (χ4v) is 2.64. The molecule has 1 aromatic rings. The molecule has 0 radical (unpaired) electrons. The first-order chi connectivity index (χ1) is 8.65. The molecule has 0 unspecified atom stereocenters. The van der Waals surface area contributed by atoms with E-state index >= 15 is 0 Å². The highest BCUT2D eigenvalue weighted by molar-refractivity contribution is 5.80. The number of halogens is 2. The average Bonchev–Trinajstić information content (AvgIpc) is 2.84. The van der Waals surface area contributed by atoms with Gasteiger partial charge in [0.1, 0.15) is 17.4 Å². The molecular weight excluding hydrogens is 234 g/mol. The number of hydrogen-bond acceptors (Lipinski definition) is 1. The van der Waals surface area contributed by atoms with Gasteiger partial charge in [0.25, 0.3) is 0 Å². The molecule has 98 valence electrons. The molecule has 1 aliphatic rings. The van der Waals surface area contributed by atoms with Crippen LogP contribution in [-0.4, -0.2) is 5.78 Å². The third-order valence-electron chi connectivity index (χ3n) is 3.70. The van der Waals surface area contributed by atoms with Crippen molar-refractivity contribution in [3.8, 4) is 0 Å². The predicted octanol–water partition coefficient (Wildman–Crippen LogP) is 4.05. The molecule has 0 N–H and O–H groups in total. The fourth-order valence-electron chi connectivity index (χ4n) is 2.64. The van der Waals surface area contributed by atoms with Crippen LogP contribution in [0.3, 0.4) is 0 Å². The number of Topliss-reactive ketones (excluding diaryl/α,β-unsaturated/α-hetero) is 1. The standard InChI is InChI=1S/C15H18F2O/c16-13-6-8-15(17)12(9-13)10-14(18)7-5-11-3-1-2-4-11/h6,8-9,11H,1-5,7,10H2. The molecule has 1 fully saturated rings. The van der Waals surface area contributed by atoms with E-state index in [-0.39, 0.29) is 17.8 Å². The van der Waals surface area contributed by atoms with Gasteiger partial charge in [-0.3, -0.25) is 4.79 Å². The van der Waals surface area contributed by atoms with Crippen LogP contribution in [0, 0.1) is 17.6 Å². The van der Waals surface area contributed by atoms with Crippen molar-refractivity contribution in [1.29, 1.82) is 0 Å². The highest BCUT2D eigenvalue weighted by Gasteiger charge is 2.17. The maximum Gasteiger partial charge on any atom is 0.137 e. The van der Waals surface area contributed by atoms with Crippen LogP contribution < -0.4 is 0 Å². The van der Waals surface area contributed by atoms with E-state index in [1.54, 1.807) is 0 Å². The Morgan fingerprint density at radius 2 is 1.94 bits per heavy atom. The monoisotopic (exact) mass is 252 g/mol. The van der Waals surface area contributed by atoms with Crippen LogP contribution in [0.1, 0.15) is 44.1 Å². The molecule has 0 amide bonds. The Balaban J connectivity index is 1.84. The Bertz CT molecular complexity index is 423. The molecular formula is C15H18F2O. The Kier molecular flexibility index (Phi) is 4.45. The normalized spacial score (nSPS) is 16.1. The Morgan fingerprint density at radius 3 is 2.67 bits per heavy atom. The van der Waals surface area contributed by atoms with Gasteiger partial charge in [-0.1, -0.05) is 25.7 Å². The first-order valence-corrected chi connectivity index (χ1v) is 6.61. The van der Waals surface area contributed by atoms with Gasteiger partial charge in [-0.15, -0.1) is 0 Å². The summed E-state index contributed by atoms with van der Waals surface area (Å²) >= 11 is 0. The smallest absolute Gasteiger partial charge is 0.137 e. The Morgan fingerprint density at radius 1 is 1.22 bits per heavy atom. The Labute approximate surface area is 106 Å². The molecule has 1 nitrogen and oxygen atoms in total. The number of hydrogen-bond donors (Lipinski definition) is 0. The van der Waals surface area contributed by atoms with Gasteiger partial charge < -0.3 is 0 Å². The summed E-state index contributed by atoms with van der Waals surface area (Å²) < 4.78 is 26.3. The van der Waals surface area contributed by atoms with Crippen molar-refractivity contribution < 1.29 is 13.6 Å². The number of ketones is 1. The minimum absolute atomic E-state index is 0.00593. The molecule has 0 aromatic heterocycles. The number of carbonyl (C=O) groups is 1. The largest absolute Gasteiger partial charge is 0.299 e. The lowest BCUT2D eigenvalue weighted by Gasteiger charge is -2.08. The summed E-state index contributed by atoms with van der Waals surface area (Å²) in [7, 11) is 0. The van der Waals surface area contributed by atoms with Gasteiger partial charge in [-0.05, 0) is 36.1 Å². The average molecular weight is 252 g/mol. The molecule has 0 bridgehead atoms. The van der Waals surface area contributed by atoms with E-state index in [1.165, 1.54) is 25.7 Å². The van der Waals surface area contributed by atoms with E-state index in [9.17, 15) is 13.6 Å². The minimum Gasteiger partial charge on any atom is -0.299 e. The molecule has 0 aliphatic heterocycles. The van der Waals surface area contributed by atoms with Crippen molar-refractivity contribution in [2.24, 2.45) is 5.92 Å². The minimum atomic E-state index is -0.495. The highest BCUT2D eigenvalue weighted by Crippen LogP contribution is 2.28. The SMILES string of the molecule is O=C(CCC1CCCC1)Cc1cc(F)ccc1F. The van der Waals surface area contributed by atoms with E-state index in [0.717, 1.165) is 24.6 Å². The van der Waals surface area contributed by atoms with E-state index < -0.39 is 11.6 Å². The lowest BCUT2D eigenvalue weighted by atomic mass is 9.97. The van der Waals surface area contributed by atoms with Crippen molar-refractivity contribution in [2.45, 2.75) is 44.9 Å². The topological polar surface area (TPSA) is 17.1 Å². The van der Waals surface area contributed by atoms with Crippen molar-refractivity contribution in [3.05, 3.63) is 35.4 Å². The molecule has 1 aromatic carbocycles. The zero-order valence-electron chi connectivity index (χ0n) is 10.4. The van der Waals surface area contributed by atoms with Crippen molar-refractivity contribution in [3.63, 3.8) is 0 Å². The zero-order valence-corrected chi connectivity index (χ0v) is 10.4. The lowest BCUT2D eigenvalue weighted by Crippen LogP contribution is -2.07. The van der Waals surface area contributed by atoms with Crippen LogP contribution in [0.5, 0.6) is 0 Å². The molecule has 3 heteroatoms. The molecule has 1 aliphatic carbocycles. The van der Waals surface area contributed by atoms with Gasteiger partial charge in [-0.2, -0.15) is 0 Å². The summed E-state index contributed by atoms with van der Waals surface area (Å²) in [6.45, 7) is 0. The van der Waals surface area contributed by atoms with Gasteiger partial charge in [0.15, 0.2) is 0 Å². The summed E-state index contributed by atoms with van der Waals surface area (Å²) in [6.07, 6.45) is 6.34. The van der Waals surface area contributed by atoms with Gasteiger partial charge in [0.05, 0.1) is 0 Å². The quantitative estimate of drug-likeness (QED) is 0.772. The van der Waals surface area contributed by atoms with Crippen LogP contribution in [0.25, 0.3) is 0 Å². The van der Waals surface area contributed by atoms with Gasteiger partial charge in [0, 0.05) is 12.8 Å². The molecule has 2 rings (SSSR count). The third-order valence-corrected chi connectivity index (χ3v) is 3.70. The second kappa shape index (κ2) is 6.07. The number of rotatable bonds is 5. The van der Waals surface area contributed by atoms with Crippen LogP contribution >= 0.6 is 0 Å². The number of carbonyl (C=O) groups excluding carboxylic acids is 1. The molecule has 0 atom stereocenters. The van der Waals surface area contributed by atoms with Gasteiger partial charge >= 0.3 is 0 Å². The predicted molar refractivity (Wildman–Crippen MR) is 66.3 cm³/mol. The summed E-state index contributed by atoms with van der Waals surface area (Å²) in [6, 6.07) is 3.26. The zero-order chi connectivity index (χ0) is 13.0. The lowest BCUT2D eigenvalue weighted by molar-refractivity contribution is -0.118. The maximum atomic E-state index is 13.4. The van der Waals surface area contributed by atoms with E-state index in [1.807, 2.05) is 0 Å². The summed E-state index contributed by atoms with van der Waals surface area (Å²) in [4.78, 5) is 11.7. The number of benzene rings is 1. The maximum absolute atomic E-state index is 13.4. The van der Waals surface area contributed by atoms with Gasteiger partial charge in [0.2, 0.25) is 0 Å². The van der Waals surface area contributed by atoms with E-state index in [0.29, 0.717) is 12.3 Å². The van der Waals surface area contributed by atoms with Crippen LogP contribution in [0.2, 0.25) is 0 Å². The van der Waals surface area contributed by atoms with Crippen LogP contribution in [0.4, 0.5) is 8.78 Å². The Hall–Kier alpha value is -1.25. The summed E-state index contributed by atoms with van der Waals surface area (Å²) in [5, 5.41) is 0. The van der Waals surface area contributed by atoms with E-state index in [4.69, 9.17) is 0 Å². The fraction of sp³-hybridized carbons (Fsp3) is 0.533. The van der Waals surface area contributed by atoms with Crippen molar-refractivity contribution in [2.75, 3.05) is 0 Å². The second-order valence-electron chi connectivity index (χ2n) is 5.14. The summed E-state index contributed by atoms with van der Waals surface area (Å²) in [5.74, 6) is -0.321. The van der Waals surface area contributed by atoms with Gasteiger partial charge in [-0.25, -0.2) is 8.78 Å². The first-order valence-electron chi connectivity index (χ1n) is 6.61. The third kappa shape index (κ3) is 3.62. The van der Waals surface area contributed by atoms with E-state index in [2.05, 4.69) is 0 Å². The van der Waals surface area contributed by atoms with Crippen LogP contribution in [0.15, 0.2) is 18.2 Å². The van der Waals surface area contributed by atoms with Crippen molar-refractivity contribution in [1.82, 2.24) is 0 Å². The highest BCUT2D eigenvalue weighted by atomic mass is 19.1. The summed E-state index contributed by atoms with van der Waals surface area (Å²) in [5.41, 5.74) is 0.173. The molecule has 18 heavy (non-hydrogen) atoms. The molecule has 0 saturated heterocycles. The first kappa shape index (κ1) is 13.2. The molecule has 0 heterocycles. The second-order valence-corrected chi connectivity index (χ2v) is 5.14. The van der Waals surface area contributed by atoms with Crippen LogP contribution in [-0.2, 0) is 11.2 Å². The molecule has 0 spiro atoms. The molecule has 1 saturated carbocycles. The van der Waals surface area contributed by atoms with Crippen molar-refractivity contribution >= 4 is 5.78 Å².